The molecule has 0 aromatic carbocycles. The maximum atomic E-state index is 12.2. The molecule has 17 heavy (non-hydrogen) atoms. The van der Waals surface area contributed by atoms with E-state index in [4.69, 9.17) is 10.2 Å². The molecule has 1 fully saturated rings. The first-order valence-corrected chi connectivity index (χ1v) is 6.31. The lowest BCUT2D eigenvalue weighted by atomic mass is 9.95. The van der Waals surface area contributed by atoms with Gasteiger partial charge in [-0.05, 0) is 24.8 Å². The first-order chi connectivity index (χ1) is 8.24. The number of furan rings is 1. The quantitative estimate of drug-likeness (QED) is 0.873. The molecule has 1 aliphatic heterocycles. The summed E-state index contributed by atoms with van der Waals surface area (Å²) >= 11 is 0. The lowest BCUT2D eigenvalue weighted by Gasteiger charge is -2.32. The summed E-state index contributed by atoms with van der Waals surface area (Å²) in [4.78, 5) is 14.1. The summed E-state index contributed by atoms with van der Waals surface area (Å²) in [5.74, 6) is 1.39. The Bertz CT molecular complexity index is 387. The van der Waals surface area contributed by atoms with E-state index < -0.39 is 0 Å². The van der Waals surface area contributed by atoms with Crippen LogP contribution >= 0.6 is 0 Å². The molecular formula is C13H20N2O2. The number of piperidine rings is 1. The van der Waals surface area contributed by atoms with E-state index in [1.54, 1.807) is 6.07 Å². The molecule has 1 amide bonds. The summed E-state index contributed by atoms with van der Waals surface area (Å²) in [7, 11) is 0. The van der Waals surface area contributed by atoms with Crippen LogP contribution in [0.25, 0.3) is 0 Å². The fourth-order valence-electron chi connectivity index (χ4n) is 2.37. The summed E-state index contributed by atoms with van der Waals surface area (Å²) in [5, 5.41) is 0. The van der Waals surface area contributed by atoms with Crippen molar-refractivity contribution < 1.29 is 9.21 Å². The van der Waals surface area contributed by atoms with Crippen LogP contribution in [-0.2, 0) is 6.54 Å². The van der Waals surface area contributed by atoms with E-state index in [1.807, 2.05) is 4.90 Å². The van der Waals surface area contributed by atoms with E-state index in [0.29, 0.717) is 23.8 Å². The van der Waals surface area contributed by atoms with Gasteiger partial charge in [0.1, 0.15) is 12.0 Å². The van der Waals surface area contributed by atoms with Crippen LogP contribution in [-0.4, -0.2) is 23.9 Å². The van der Waals surface area contributed by atoms with Gasteiger partial charge in [0.05, 0.1) is 12.1 Å². The minimum absolute atomic E-state index is 0.0756. The predicted molar refractivity (Wildman–Crippen MR) is 65.5 cm³/mol. The van der Waals surface area contributed by atoms with E-state index in [-0.39, 0.29) is 5.91 Å². The van der Waals surface area contributed by atoms with Crippen LogP contribution in [0.3, 0.4) is 0 Å². The van der Waals surface area contributed by atoms with Crippen LogP contribution in [0, 0.1) is 5.92 Å². The highest BCUT2D eigenvalue weighted by atomic mass is 16.3. The van der Waals surface area contributed by atoms with Crippen molar-refractivity contribution in [3.63, 3.8) is 0 Å². The third kappa shape index (κ3) is 2.69. The van der Waals surface area contributed by atoms with Gasteiger partial charge in [0.2, 0.25) is 0 Å². The Morgan fingerprint density at radius 1 is 1.65 bits per heavy atom. The summed E-state index contributed by atoms with van der Waals surface area (Å²) in [6.45, 7) is 4.25. The largest absolute Gasteiger partial charge is 0.467 e. The number of likely N-dealkylation sites (tertiary alicyclic amines) is 1. The van der Waals surface area contributed by atoms with Crippen molar-refractivity contribution in [1.29, 1.82) is 0 Å². The van der Waals surface area contributed by atoms with Gasteiger partial charge in [0, 0.05) is 13.1 Å². The number of hydrogen-bond acceptors (Lipinski definition) is 3. The van der Waals surface area contributed by atoms with Crippen LogP contribution in [0.2, 0.25) is 0 Å². The second-order valence-corrected chi connectivity index (χ2v) is 4.67. The van der Waals surface area contributed by atoms with Gasteiger partial charge < -0.3 is 15.1 Å². The number of carbonyl (C=O) groups is 1. The Morgan fingerprint density at radius 3 is 3.12 bits per heavy atom. The van der Waals surface area contributed by atoms with E-state index in [9.17, 15) is 4.79 Å². The van der Waals surface area contributed by atoms with Crippen LogP contribution < -0.4 is 5.73 Å². The SMILES string of the molecule is CCC1CCCN(C(=O)c2coc(CN)c2)C1. The van der Waals surface area contributed by atoms with Gasteiger partial charge in [-0.2, -0.15) is 0 Å². The van der Waals surface area contributed by atoms with Gasteiger partial charge in [-0.3, -0.25) is 4.79 Å². The molecule has 1 atom stereocenters. The lowest BCUT2D eigenvalue weighted by Crippen LogP contribution is -2.39. The van der Waals surface area contributed by atoms with Crippen LogP contribution in [0.15, 0.2) is 16.7 Å². The lowest BCUT2D eigenvalue weighted by molar-refractivity contribution is 0.0670. The number of nitrogens with zero attached hydrogens (tertiary/aromatic N) is 1. The van der Waals surface area contributed by atoms with Crippen molar-refractivity contribution in [2.24, 2.45) is 11.7 Å². The second kappa shape index (κ2) is 5.36. The minimum Gasteiger partial charge on any atom is -0.467 e. The normalized spacial score (nSPS) is 20.6. The van der Waals surface area contributed by atoms with E-state index >= 15 is 0 Å². The standard InChI is InChI=1S/C13H20N2O2/c1-2-10-4-3-5-15(8-10)13(16)11-6-12(7-14)17-9-11/h6,9-10H,2-5,7-8,14H2,1H3. The molecule has 4 heteroatoms. The molecule has 0 spiro atoms. The van der Waals surface area contributed by atoms with Crippen LogP contribution in [0.5, 0.6) is 0 Å². The molecule has 1 unspecified atom stereocenters. The fraction of sp³-hybridized carbons (Fsp3) is 0.615. The Hall–Kier alpha value is -1.29. The van der Waals surface area contributed by atoms with Crippen molar-refractivity contribution in [2.75, 3.05) is 13.1 Å². The van der Waals surface area contributed by atoms with Crippen molar-refractivity contribution >= 4 is 5.91 Å². The van der Waals surface area contributed by atoms with Crippen molar-refractivity contribution in [2.45, 2.75) is 32.7 Å². The monoisotopic (exact) mass is 236 g/mol. The summed E-state index contributed by atoms with van der Waals surface area (Å²) in [6.07, 6.45) is 4.99. The maximum Gasteiger partial charge on any atom is 0.257 e. The summed E-state index contributed by atoms with van der Waals surface area (Å²) in [5.41, 5.74) is 6.09. The van der Waals surface area contributed by atoms with Gasteiger partial charge in [-0.25, -0.2) is 0 Å². The van der Waals surface area contributed by atoms with E-state index in [2.05, 4.69) is 6.92 Å². The van der Waals surface area contributed by atoms with Crippen LogP contribution in [0.4, 0.5) is 0 Å². The topological polar surface area (TPSA) is 59.5 Å². The zero-order valence-corrected chi connectivity index (χ0v) is 10.3. The Kier molecular flexibility index (Phi) is 3.84. The third-order valence-electron chi connectivity index (χ3n) is 3.49. The second-order valence-electron chi connectivity index (χ2n) is 4.67. The Labute approximate surface area is 102 Å². The molecule has 1 saturated heterocycles. The minimum atomic E-state index is 0.0756. The number of amides is 1. The molecule has 1 aliphatic rings. The average molecular weight is 236 g/mol. The summed E-state index contributed by atoms with van der Waals surface area (Å²) in [6, 6.07) is 1.75. The molecule has 2 N–H and O–H groups in total. The number of carbonyl (C=O) groups excluding carboxylic acids is 1. The first-order valence-electron chi connectivity index (χ1n) is 6.31. The van der Waals surface area contributed by atoms with Crippen LogP contribution in [0.1, 0.15) is 42.3 Å². The molecule has 2 heterocycles. The number of nitrogens with two attached hydrogens (primary N) is 1. The van der Waals surface area contributed by atoms with Crippen molar-refractivity contribution in [1.82, 2.24) is 4.90 Å². The molecule has 4 nitrogen and oxygen atoms in total. The summed E-state index contributed by atoms with van der Waals surface area (Å²) < 4.78 is 5.21. The van der Waals surface area contributed by atoms with E-state index in [1.165, 1.54) is 12.7 Å². The van der Waals surface area contributed by atoms with Gasteiger partial charge in [0.15, 0.2) is 0 Å². The van der Waals surface area contributed by atoms with Crippen molar-refractivity contribution in [3.8, 4) is 0 Å². The third-order valence-corrected chi connectivity index (χ3v) is 3.49. The molecular weight excluding hydrogens is 216 g/mol. The van der Waals surface area contributed by atoms with Crippen molar-refractivity contribution in [3.05, 3.63) is 23.7 Å². The van der Waals surface area contributed by atoms with E-state index in [0.717, 1.165) is 25.9 Å². The van der Waals surface area contributed by atoms with Gasteiger partial charge in [-0.1, -0.05) is 13.3 Å². The maximum absolute atomic E-state index is 12.2. The molecule has 0 aliphatic carbocycles. The molecule has 0 radical (unpaired) electrons. The first kappa shape index (κ1) is 12.2. The fourth-order valence-corrected chi connectivity index (χ4v) is 2.37. The zero-order chi connectivity index (χ0) is 12.3. The molecule has 1 aromatic heterocycles. The average Bonchev–Trinajstić information content (AvgIpc) is 2.86. The molecule has 2 rings (SSSR count). The molecule has 1 aromatic rings. The predicted octanol–water partition coefficient (Wildman–Crippen LogP) is 2.00. The Morgan fingerprint density at radius 2 is 2.47 bits per heavy atom. The highest BCUT2D eigenvalue weighted by Crippen LogP contribution is 2.21. The Balaban J connectivity index is 2.03. The smallest absolute Gasteiger partial charge is 0.257 e. The zero-order valence-electron chi connectivity index (χ0n) is 10.3. The molecule has 0 bridgehead atoms. The van der Waals surface area contributed by atoms with Gasteiger partial charge >= 0.3 is 0 Å². The van der Waals surface area contributed by atoms with Gasteiger partial charge in [-0.15, -0.1) is 0 Å². The van der Waals surface area contributed by atoms with Gasteiger partial charge in [0.25, 0.3) is 5.91 Å². The molecule has 0 saturated carbocycles. The highest BCUT2D eigenvalue weighted by molar-refractivity contribution is 5.94. The number of hydrogen-bond donors (Lipinski definition) is 1. The number of rotatable bonds is 3. The highest BCUT2D eigenvalue weighted by Gasteiger charge is 2.24. The molecule has 94 valence electrons.